The molecule has 414 valence electrons. The molecule has 4 aliphatic carbocycles. The number of alkyl halides is 2. The summed E-state index contributed by atoms with van der Waals surface area (Å²) in [5.74, 6) is -2.67. The van der Waals surface area contributed by atoms with Crippen LogP contribution in [0.4, 0.5) is 13.6 Å². The van der Waals surface area contributed by atoms with Gasteiger partial charge in [-0.15, -0.1) is 0 Å². The zero-order valence-electron chi connectivity index (χ0n) is 43.9. The first-order valence-corrected chi connectivity index (χ1v) is 30.1. The monoisotopic (exact) mass is 1100 g/mol. The number of carbonyl (C=O) groups excluding carboxylic acids is 5. The fourth-order valence-electron chi connectivity index (χ4n) is 12.3. The zero-order chi connectivity index (χ0) is 54.0. The highest BCUT2D eigenvalue weighted by Crippen LogP contribution is 2.72. The molecule has 0 aliphatic heterocycles. The predicted molar refractivity (Wildman–Crippen MR) is 289 cm³/mol. The number of thioether (sulfide) groups is 1. The minimum atomic E-state index is -1.65. The molecule has 3 fully saturated rings. The molecule has 0 radical (unpaired) electrons. The highest BCUT2D eigenvalue weighted by Gasteiger charge is 2.71. The van der Waals surface area contributed by atoms with Crippen LogP contribution in [-0.4, -0.2) is 108 Å². The van der Waals surface area contributed by atoms with E-state index in [-0.39, 0.29) is 62.3 Å². The predicted octanol–water partition coefficient (Wildman–Crippen LogP) is 10.8. The number of nitrogens with one attached hydrogen (secondary N) is 1. The van der Waals surface area contributed by atoms with Crippen molar-refractivity contribution in [3.8, 4) is 5.75 Å². The number of ether oxygens (including phenoxy) is 5. The maximum atomic E-state index is 16.4. The Labute approximate surface area is 453 Å². The summed E-state index contributed by atoms with van der Waals surface area (Å²) < 4.78 is 58.5. The maximum Gasteiger partial charge on any atom is 0.513 e. The topological polar surface area (TPSA) is 184 Å². The second-order valence-electron chi connectivity index (χ2n) is 20.6. The van der Waals surface area contributed by atoms with Gasteiger partial charge in [0.25, 0.3) is 0 Å². The summed E-state index contributed by atoms with van der Waals surface area (Å²) in [7, 11) is 2.81. The average molecular weight is 1100 g/mol. The third kappa shape index (κ3) is 15.1. The van der Waals surface area contributed by atoms with Crippen molar-refractivity contribution in [2.24, 2.45) is 40.4 Å². The molecular formula is C57H77F2NO12S3. The molecule has 13 nitrogen and oxygen atoms in total. The van der Waals surface area contributed by atoms with E-state index >= 15 is 4.39 Å². The van der Waals surface area contributed by atoms with Gasteiger partial charge < -0.3 is 39.2 Å². The van der Waals surface area contributed by atoms with Crippen molar-refractivity contribution in [1.82, 2.24) is 5.32 Å². The Bertz CT molecular complexity index is 2290. The summed E-state index contributed by atoms with van der Waals surface area (Å²) >= 11 is 0.470. The second-order valence-corrected chi connectivity index (χ2v) is 24.2. The number of aliphatic hydroxyl groups excluding tert-OH is 2. The molecule has 18 heteroatoms. The number of benzene rings is 2. The zero-order valence-corrected chi connectivity index (χ0v) is 46.4. The molecule has 0 aromatic heterocycles. The Balaban J connectivity index is 0.891. The minimum absolute atomic E-state index is 0.00668. The summed E-state index contributed by atoms with van der Waals surface area (Å²) in [5.41, 5.74) is -0.718. The van der Waals surface area contributed by atoms with Gasteiger partial charge in [-0.25, -0.2) is 13.6 Å². The first-order chi connectivity index (χ1) is 36.1. The van der Waals surface area contributed by atoms with Crippen LogP contribution in [0.2, 0.25) is 0 Å². The summed E-state index contributed by atoms with van der Waals surface area (Å²) in [5, 5.41) is 23.5. The molecule has 3 N–H and O–H groups in total. The van der Waals surface area contributed by atoms with Crippen molar-refractivity contribution in [3.63, 3.8) is 0 Å². The molecule has 0 heterocycles. The van der Waals surface area contributed by atoms with E-state index in [1.165, 1.54) is 51.8 Å². The molecule has 0 saturated heterocycles. The van der Waals surface area contributed by atoms with Gasteiger partial charge in [0.05, 0.1) is 12.7 Å². The first-order valence-electron chi connectivity index (χ1n) is 26.7. The molecule has 6 rings (SSSR count). The van der Waals surface area contributed by atoms with Crippen LogP contribution in [0.1, 0.15) is 121 Å². The van der Waals surface area contributed by atoms with Crippen LogP contribution in [0, 0.1) is 40.4 Å². The Morgan fingerprint density at radius 2 is 1.60 bits per heavy atom. The number of allylic oxidation sites excluding steroid dienone is 4. The molecular weight excluding hydrogens is 1020 g/mol. The van der Waals surface area contributed by atoms with E-state index in [0.29, 0.717) is 52.9 Å². The summed E-state index contributed by atoms with van der Waals surface area (Å²) in [6, 6.07) is 14.3. The quantitative estimate of drug-likeness (QED) is 0.0220. The SMILES string of the molecule is CCC(=O)O[C@@]1(C(=O)SCF)C2C[C@H](CC(=O)OCCSSCCOC(=O)Oc3ccc(C(O)CNCCCCCOCCCCCc4ccccc4)cc3CO)[C@@]3(C)[C@@H](C[C@H](F)C4=CC(=O)C=C[C@@]43C)[C@@H]2C[C@H]1C. The molecule has 2 aromatic rings. The van der Waals surface area contributed by atoms with Gasteiger partial charge in [0, 0.05) is 66.9 Å². The number of aryl methyl sites for hydroxylation is 1. The lowest BCUT2D eigenvalue weighted by atomic mass is 9.39. The molecule has 75 heavy (non-hydrogen) atoms. The van der Waals surface area contributed by atoms with E-state index < -0.39 is 82.3 Å². The van der Waals surface area contributed by atoms with Crippen LogP contribution in [0.15, 0.2) is 72.3 Å². The fourth-order valence-corrected chi connectivity index (χ4v) is 14.7. The number of fused-ring (bicyclic) bond motifs is 5. The van der Waals surface area contributed by atoms with Gasteiger partial charge in [-0.1, -0.05) is 98.2 Å². The van der Waals surface area contributed by atoms with Crippen molar-refractivity contribution in [3.05, 3.63) is 89.0 Å². The van der Waals surface area contributed by atoms with Crippen molar-refractivity contribution in [2.75, 3.05) is 57.0 Å². The standard InChI is InChI=1S/C57H77F2NO12S3/c1-5-51(64)72-57(53(66)73-37-58)38(2)29-44-45-34-48(59)47-33-43(62)20-21-55(47,3)56(45,4)42(31-46(44)57)32-52(65)69-25-27-74-75-28-26-70-54(67)71-50-19-18-40(30-41(50)36-61)49(63)35-60-22-12-8-14-24-68-23-13-7-11-17-39-15-9-6-10-16-39/h6,9-10,15-16,18-21,30,33,38,42,44-46,48-49,60-61,63H,5,7-8,11-14,17,22-29,31-32,34-37H2,1-4H3/t38-,42-,44+,45+,46?,48+,49?,55+,56+,57-/m1/s1. The number of ketones is 1. The van der Waals surface area contributed by atoms with Crippen LogP contribution in [0.3, 0.4) is 0 Å². The number of rotatable bonds is 30. The van der Waals surface area contributed by atoms with Crippen molar-refractivity contribution in [1.29, 1.82) is 0 Å². The third-order valence-electron chi connectivity index (χ3n) is 16.3. The lowest BCUT2D eigenvalue weighted by molar-refractivity contribution is -0.187. The highest BCUT2D eigenvalue weighted by atomic mass is 33.1. The highest BCUT2D eigenvalue weighted by molar-refractivity contribution is 8.76. The molecule has 2 unspecified atom stereocenters. The van der Waals surface area contributed by atoms with Crippen LogP contribution in [0.5, 0.6) is 5.75 Å². The summed E-state index contributed by atoms with van der Waals surface area (Å²) in [4.78, 5) is 65.9. The smallest absolute Gasteiger partial charge is 0.465 e. The molecule has 0 amide bonds. The number of hydrogen-bond acceptors (Lipinski definition) is 16. The summed E-state index contributed by atoms with van der Waals surface area (Å²) in [6.45, 7) is 9.68. The fraction of sp³-hybridized carbons (Fsp3) is 0.632. The molecule has 0 spiro atoms. The van der Waals surface area contributed by atoms with Gasteiger partial charge in [-0.3, -0.25) is 19.2 Å². The van der Waals surface area contributed by atoms with Gasteiger partial charge in [0.1, 0.15) is 31.1 Å². The molecule has 4 aliphatic rings. The third-order valence-corrected chi connectivity index (χ3v) is 19.3. The van der Waals surface area contributed by atoms with Gasteiger partial charge in [-0.05, 0) is 140 Å². The van der Waals surface area contributed by atoms with Gasteiger partial charge in [0.2, 0.25) is 5.12 Å². The molecule has 10 atom stereocenters. The van der Waals surface area contributed by atoms with Gasteiger partial charge >= 0.3 is 18.1 Å². The Morgan fingerprint density at radius 3 is 2.31 bits per heavy atom. The second kappa shape index (κ2) is 29.3. The van der Waals surface area contributed by atoms with E-state index in [1.54, 1.807) is 25.1 Å². The maximum absolute atomic E-state index is 16.4. The van der Waals surface area contributed by atoms with Crippen LogP contribution < -0.4 is 10.1 Å². The molecule has 2 aromatic carbocycles. The number of aliphatic hydroxyl groups is 2. The normalized spacial score (nSPS) is 27.1. The van der Waals surface area contributed by atoms with Crippen molar-refractivity contribution >= 4 is 62.3 Å². The largest absolute Gasteiger partial charge is 0.513 e. The number of esters is 2. The minimum Gasteiger partial charge on any atom is -0.465 e. The molecule has 3 saturated carbocycles. The van der Waals surface area contributed by atoms with Crippen LogP contribution in [-0.2, 0) is 51.2 Å². The van der Waals surface area contributed by atoms with E-state index in [1.807, 2.05) is 26.8 Å². The number of hydrogen-bond donors (Lipinski definition) is 3. The van der Waals surface area contributed by atoms with Crippen molar-refractivity contribution < 1.29 is 66.7 Å². The summed E-state index contributed by atoms with van der Waals surface area (Å²) in [6.07, 6.45) is 9.53. The Hall–Kier alpha value is -3.78. The Kier molecular flexibility index (Phi) is 23.6. The number of carbonyl (C=O) groups is 5. The van der Waals surface area contributed by atoms with E-state index in [2.05, 4.69) is 29.6 Å². The van der Waals surface area contributed by atoms with Crippen LogP contribution >= 0.6 is 33.3 Å². The van der Waals surface area contributed by atoms with Crippen molar-refractivity contribution in [2.45, 2.75) is 129 Å². The van der Waals surface area contributed by atoms with Crippen LogP contribution in [0.25, 0.3) is 0 Å². The lowest BCUT2D eigenvalue weighted by Crippen LogP contribution is -2.63. The molecule has 0 bridgehead atoms. The van der Waals surface area contributed by atoms with E-state index in [9.17, 15) is 38.6 Å². The van der Waals surface area contributed by atoms with E-state index in [4.69, 9.17) is 23.7 Å². The number of halogens is 2. The Morgan fingerprint density at radius 1 is 0.880 bits per heavy atom. The first kappa shape index (κ1) is 60.4. The van der Waals surface area contributed by atoms with Gasteiger partial charge in [0.15, 0.2) is 11.4 Å². The average Bonchev–Trinajstić information content (AvgIpc) is 3.78. The van der Waals surface area contributed by atoms with E-state index in [0.717, 1.165) is 58.3 Å². The lowest BCUT2D eigenvalue weighted by Gasteiger charge is -2.65. The number of unbranched alkanes of at least 4 members (excludes halogenated alkanes) is 4. The van der Waals surface area contributed by atoms with Gasteiger partial charge in [-0.2, -0.15) is 0 Å².